The van der Waals surface area contributed by atoms with Gasteiger partial charge < -0.3 is 4.74 Å². The zero-order chi connectivity index (χ0) is 21.4. The largest absolute Gasteiger partial charge is 0.497 e. The third kappa shape index (κ3) is 5.21. The molecule has 0 atom stereocenters. The van der Waals surface area contributed by atoms with Crippen LogP contribution >= 0.6 is 0 Å². The highest BCUT2D eigenvalue weighted by molar-refractivity contribution is 7.92. The van der Waals surface area contributed by atoms with Gasteiger partial charge in [0.2, 0.25) is 0 Å². The molecular formula is C21H20N4O4S. The van der Waals surface area contributed by atoms with Crippen molar-refractivity contribution in [2.45, 2.75) is 4.90 Å². The number of hydrazone groups is 1. The number of hydrogen-bond acceptors (Lipinski definition) is 6. The van der Waals surface area contributed by atoms with E-state index < -0.39 is 22.5 Å². The number of hydrogen-bond donors (Lipinski definition) is 1. The van der Waals surface area contributed by atoms with Crippen LogP contribution in [0.25, 0.3) is 0 Å². The lowest BCUT2D eigenvalue weighted by Crippen LogP contribution is -2.39. The maximum absolute atomic E-state index is 13.2. The number of amides is 1. The number of benzene rings is 2. The second kappa shape index (κ2) is 9.66. The molecule has 0 aliphatic carbocycles. The Balaban J connectivity index is 1.82. The number of methoxy groups -OCH3 is 1. The van der Waals surface area contributed by atoms with Crippen LogP contribution in [0, 0.1) is 0 Å². The van der Waals surface area contributed by atoms with Crippen LogP contribution < -0.4 is 14.5 Å². The third-order valence-corrected chi connectivity index (χ3v) is 5.84. The minimum absolute atomic E-state index is 0.0388. The lowest BCUT2D eigenvalue weighted by molar-refractivity contribution is -0.119. The van der Waals surface area contributed by atoms with Crippen molar-refractivity contribution in [3.63, 3.8) is 0 Å². The Morgan fingerprint density at radius 3 is 2.40 bits per heavy atom. The van der Waals surface area contributed by atoms with Gasteiger partial charge in [-0.25, -0.2) is 13.8 Å². The Kier molecular flexibility index (Phi) is 6.76. The lowest BCUT2D eigenvalue weighted by atomic mass is 10.3. The Morgan fingerprint density at radius 1 is 1.07 bits per heavy atom. The summed E-state index contributed by atoms with van der Waals surface area (Å²) in [5, 5.41) is 3.84. The summed E-state index contributed by atoms with van der Waals surface area (Å²) in [5.74, 6) is -0.0649. The van der Waals surface area contributed by atoms with Crippen molar-refractivity contribution < 1.29 is 17.9 Å². The molecule has 2 aromatic carbocycles. The van der Waals surface area contributed by atoms with Crippen LogP contribution in [0.2, 0.25) is 0 Å². The first kappa shape index (κ1) is 21.0. The molecule has 8 nitrogen and oxygen atoms in total. The van der Waals surface area contributed by atoms with Crippen molar-refractivity contribution in [1.29, 1.82) is 0 Å². The molecule has 0 aliphatic heterocycles. The number of anilines is 1. The van der Waals surface area contributed by atoms with E-state index in [2.05, 4.69) is 15.5 Å². The van der Waals surface area contributed by atoms with Crippen LogP contribution in [0.4, 0.5) is 5.69 Å². The first-order chi connectivity index (χ1) is 14.5. The second-order valence-corrected chi connectivity index (χ2v) is 7.93. The molecule has 0 saturated carbocycles. The second-order valence-electron chi connectivity index (χ2n) is 6.07. The van der Waals surface area contributed by atoms with Crippen molar-refractivity contribution in [2.75, 3.05) is 18.0 Å². The summed E-state index contributed by atoms with van der Waals surface area (Å²) in [6, 6.07) is 19.6. The minimum atomic E-state index is -4.00. The first-order valence-corrected chi connectivity index (χ1v) is 10.4. The summed E-state index contributed by atoms with van der Waals surface area (Å²) in [5.41, 5.74) is 3.25. The van der Waals surface area contributed by atoms with Crippen LogP contribution in [-0.2, 0) is 14.8 Å². The van der Waals surface area contributed by atoms with Crippen LogP contribution in [0.3, 0.4) is 0 Å². The number of rotatable bonds is 8. The molecule has 154 valence electrons. The van der Waals surface area contributed by atoms with Gasteiger partial charge in [-0.3, -0.25) is 14.1 Å². The van der Waals surface area contributed by atoms with Crippen LogP contribution in [0.15, 0.2) is 89.0 Å². The number of carbonyl (C=O) groups excluding carboxylic acids is 1. The van der Waals surface area contributed by atoms with E-state index in [0.717, 1.165) is 4.31 Å². The van der Waals surface area contributed by atoms with Gasteiger partial charge in [0, 0.05) is 6.20 Å². The molecule has 0 radical (unpaired) electrons. The van der Waals surface area contributed by atoms with E-state index in [4.69, 9.17) is 4.74 Å². The average molecular weight is 424 g/mol. The van der Waals surface area contributed by atoms with E-state index in [0.29, 0.717) is 17.1 Å². The minimum Gasteiger partial charge on any atom is -0.497 e. The monoisotopic (exact) mass is 424 g/mol. The quantitative estimate of drug-likeness (QED) is 0.442. The number of pyridine rings is 1. The predicted molar refractivity (Wildman–Crippen MR) is 114 cm³/mol. The molecule has 0 aliphatic rings. The highest BCUT2D eigenvalue weighted by Gasteiger charge is 2.27. The third-order valence-electron chi connectivity index (χ3n) is 4.05. The molecule has 30 heavy (non-hydrogen) atoms. The van der Waals surface area contributed by atoms with Crippen molar-refractivity contribution >= 4 is 27.8 Å². The zero-order valence-corrected chi connectivity index (χ0v) is 17.0. The number of para-hydroxylation sites is 1. The standard InChI is InChI=1S/C21H20N4O4S/c1-29-19-10-12-20(13-11-19)30(27,28)25(18-8-3-2-4-9-18)16-21(26)24-23-15-17-7-5-6-14-22-17/h2-15H,16H2,1H3,(H,24,26)/b23-15-. The van der Waals surface area contributed by atoms with Crippen molar-refractivity contribution in [3.8, 4) is 5.75 Å². The lowest BCUT2D eigenvalue weighted by Gasteiger charge is -2.23. The Morgan fingerprint density at radius 2 is 1.77 bits per heavy atom. The highest BCUT2D eigenvalue weighted by atomic mass is 32.2. The van der Waals surface area contributed by atoms with Crippen molar-refractivity contribution in [1.82, 2.24) is 10.4 Å². The van der Waals surface area contributed by atoms with Crippen LogP contribution in [0.1, 0.15) is 5.69 Å². The van der Waals surface area contributed by atoms with Gasteiger partial charge in [-0.05, 0) is 48.5 Å². The van der Waals surface area contributed by atoms with E-state index in [1.54, 1.807) is 66.9 Å². The molecule has 0 unspecified atom stereocenters. The summed E-state index contributed by atoms with van der Waals surface area (Å²) in [6.07, 6.45) is 2.98. The Labute approximate surface area is 174 Å². The molecular weight excluding hydrogens is 404 g/mol. The molecule has 3 aromatic rings. The van der Waals surface area contributed by atoms with Gasteiger partial charge in [0.1, 0.15) is 12.3 Å². The molecule has 0 saturated heterocycles. The summed E-state index contributed by atoms with van der Waals surface area (Å²) in [7, 11) is -2.50. The van der Waals surface area contributed by atoms with Gasteiger partial charge in [-0.15, -0.1) is 0 Å². The number of nitrogens with one attached hydrogen (secondary N) is 1. The SMILES string of the molecule is COc1ccc(S(=O)(=O)N(CC(=O)N/N=C\c2ccccn2)c2ccccc2)cc1. The van der Waals surface area contributed by atoms with Crippen molar-refractivity contribution in [2.24, 2.45) is 5.10 Å². The van der Waals surface area contributed by atoms with Gasteiger partial charge >= 0.3 is 0 Å². The molecule has 9 heteroatoms. The van der Waals surface area contributed by atoms with E-state index in [-0.39, 0.29) is 4.90 Å². The number of carbonyl (C=O) groups is 1. The normalized spacial score (nSPS) is 11.2. The Bertz CT molecular complexity index is 1100. The maximum atomic E-state index is 13.2. The number of aromatic nitrogens is 1. The zero-order valence-electron chi connectivity index (χ0n) is 16.2. The summed E-state index contributed by atoms with van der Waals surface area (Å²) >= 11 is 0. The fourth-order valence-corrected chi connectivity index (χ4v) is 3.99. The van der Waals surface area contributed by atoms with E-state index in [1.165, 1.54) is 25.5 Å². The molecule has 1 aromatic heterocycles. The van der Waals surface area contributed by atoms with Gasteiger partial charge in [0.05, 0.1) is 29.6 Å². The first-order valence-electron chi connectivity index (χ1n) is 8.95. The number of sulfonamides is 1. The van der Waals surface area contributed by atoms with E-state index >= 15 is 0 Å². The molecule has 0 bridgehead atoms. The van der Waals surface area contributed by atoms with Gasteiger partial charge in [0.15, 0.2) is 0 Å². The molecule has 1 N–H and O–H groups in total. The smallest absolute Gasteiger partial charge is 0.264 e. The molecule has 1 amide bonds. The molecule has 3 rings (SSSR count). The van der Waals surface area contributed by atoms with E-state index in [9.17, 15) is 13.2 Å². The van der Waals surface area contributed by atoms with Gasteiger partial charge in [0.25, 0.3) is 15.9 Å². The number of ether oxygens (including phenoxy) is 1. The fraction of sp³-hybridized carbons (Fsp3) is 0.0952. The van der Waals surface area contributed by atoms with Crippen LogP contribution in [-0.4, -0.2) is 39.2 Å². The Hall–Kier alpha value is -3.72. The van der Waals surface area contributed by atoms with E-state index in [1.807, 2.05) is 0 Å². The average Bonchev–Trinajstić information content (AvgIpc) is 2.78. The summed E-state index contributed by atoms with van der Waals surface area (Å²) < 4.78 is 32.5. The van der Waals surface area contributed by atoms with Crippen molar-refractivity contribution in [3.05, 3.63) is 84.7 Å². The number of nitrogens with zero attached hydrogens (tertiary/aromatic N) is 3. The molecule has 0 spiro atoms. The van der Waals surface area contributed by atoms with Gasteiger partial charge in [-0.1, -0.05) is 24.3 Å². The predicted octanol–water partition coefficient (Wildman–Crippen LogP) is 2.44. The summed E-state index contributed by atoms with van der Waals surface area (Å²) in [4.78, 5) is 16.5. The fourth-order valence-electron chi connectivity index (χ4n) is 2.57. The molecule has 0 fully saturated rings. The summed E-state index contributed by atoms with van der Waals surface area (Å²) in [6.45, 7) is -0.446. The molecule has 1 heterocycles. The highest BCUT2D eigenvalue weighted by Crippen LogP contribution is 2.24. The maximum Gasteiger partial charge on any atom is 0.264 e. The van der Waals surface area contributed by atoms with Crippen LogP contribution in [0.5, 0.6) is 5.75 Å². The topological polar surface area (TPSA) is 101 Å². The van der Waals surface area contributed by atoms with Gasteiger partial charge in [-0.2, -0.15) is 5.10 Å².